The van der Waals surface area contributed by atoms with Crippen molar-refractivity contribution in [1.82, 2.24) is 10.0 Å². The number of nitriles is 1. The first-order chi connectivity index (χ1) is 9.53. The van der Waals surface area contributed by atoms with Crippen molar-refractivity contribution < 1.29 is 8.42 Å². The number of sulfonamides is 1. The summed E-state index contributed by atoms with van der Waals surface area (Å²) in [5, 5.41) is 12.2. The van der Waals surface area contributed by atoms with E-state index < -0.39 is 10.0 Å². The highest BCUT2D eigenvalue weighted by Gasteiger charge is 2.19. The molecule has 1 atom stereocenters. The van der Waals surface area contributed by atoms with Crippen LogP contribution < -0.4 is 10.0 Å². The Bertz CT molecular complexity index is 614. The summed E-state index contributed by atoms with van der Waals surface area (Å²) in [6, 6.07) is 7.07. The number of hydrogen-bond donors (Lipinski definition) is 2. The Morgan fingerprint density at radius 2 is 2.30 bits per heavy atom. The van der Waals surface area contributed by atoms with E-state index in [2.05, 4.69) is 10.0 Å². The minimum atomic E-state index is -3.54. The van der Waals surface area contributed by atoms with E-state index >= 15 is 0 Å². The van der Waals surface area contributed by atoms with Crippen molar-refractivity contribution in [2.24, 2.45) is 0 Å². The lowest BCUT2D eigenvalue weighted by atomic mass is 10.2. The summed E-state index contributed by atoms with van der Waals surface area (Å²) < 4.78 is 27.1. The number of aryl methyl sites for hydroxylation is 1. The van der Waals surface area contributed by atoms with Crippen LogP contribution in [0.2, 0.25) is 0 Å². The minimum absolute atomic E-state index is 0.191. The van der Waals surface area contributed by atoms with Crippen LogP contribution in [-0.2, 0) is 10.0 Å². The second-order valence-electron chi connectivity index (χ2n) is 5.07. The molecular formula is C14H19N3O2S. The first kappa shape index (κ1) is 15.0. The van der Waals surface area contributed by atoms with Gasteiger partial charge in [-0.2, -0.15) is 5.26 Å². The third-order valence-corrected chi connectivity index (χ3v) is 5.16. The molecule has 0 saturated carbocycles. The van der Waals surface area contributed by atoms with Crippen LogP contribution in [0.15, 0.2) is 23.1 Å². The average molecular weight is 293 g/mol. The number of nitrogens with zero attached hydrogens (tertiary/aromatic N) is 1. The third-order valence-electron chi connectivity index (χ3n) is 3.55. The maximum atomic E-state index is 12.3. The zero-order valence-electron chi connectivity index (χ0n) is 11.5. The molecule has 1 heterocycles. The standard InChI is InChI=1S/C14H19N3O2S/c1-11-4-5-12(10-15)9-14(11)20(18,19)17-8-6-13-3-2-7-16-13/h4-5,9,13,16-17H,2-3,6-8H2,1H3. The monoisotopic (exact) mass is 293 g/mol. The number of nitrogens with one attached hydrogen (secondary N) is 2. The van der Waals surface area contributed by atoms with Crippen molar-refractivity contribution in [2.75, 3.05) is 13.1 Å². The molecule has 20 heavy (non-hydrogen) atoms. The Morgan fingerprint density at radius 3 is 2.95 bits per heavy atom. The molecule has 2 rings (SSSR count). The smallest absolute Gasteiger partial charge is 0.240 e. The van der Waals surface area contributed by atoms with E-state index in [0.717, 1.165) is 25.8 Å². The van der Waals surface area contributed by atoms with Gasteiger partial charge in [0.05, 0.1) is 16.5 Å². The van der Waals surface area contributed by atoms with Crippen molar-refractivity contribution in [1.29, 1.82) is 5.26 Å². The molecule has 0 bridgehead atoms. The SMILES string of the molecule is Cc1ccc(C#N)cc1S(=O)(=O)NCCC1CCCN1. The predicted molar refractivity (Wildman–Crippen MR) is 76.7 cm³/mol. The molecule has 1 fully saturated rings. The van der Waals surface area contributed by atoms with E-state index in [9.17, 15) is 8.42 Å². The second kappa shape index (κ2) is 6.35. The lowest BCUT2D eigenvalue weighted by Crippen LogP contribution is -2.31. The molecule has 108 valence electrons. The van der Waals surface area contributed by atoms with Crippen LogP contribution in [-0.4, -0.2) is 27.5 Å². The summed E-state index contributed by atoms with van der Waals surface area (Å²) in [6.07, 6.45) is 3.04. The summed E-state index contributed by atoms with van der Waals surface area (Å²) >= 11 is 0. The first-order valence-corrected chi connectivity index (χ1v) is 8.25. The summed E-state index contributed by atoms with van der Waals surface area (Å²) in [6.45, 7) is 3.16. The quantitative estimate of drug-likeness (QED) is 0.857. The molecule has 2 N–H and O–H groups in total. The summed E-state index contributed by atoms with van der Waals surface area (Å²) in [5.74, 6) is 0. The molecule has 1 aromatic rings. The molecule has 1 aliphatic heterocycles. The number of benzene rings is 1. The largest absolute Gasteiger partial charge is 0.314 e. The van der Waals surface area contributed by atoms with E-state index in [4.69, 9.17) is 5.26 Å². The molecule has 5 nitrogen and oxygen atoms in total. The van der Waals surface area contributed by atoms with Gasteiger partial charge in [0.2, 0.25) is 10.0 Å². The van der Waals surface area contributed by atoms with Crippen LogP contribution in [0.3, 0.4) is 0 Å². The molecule has 0 aromatic heterocycles. The van der Waals surface area contributed by atoms with Crippen molar-refractivity contribution >= 4 is 10.0 Å². The predicted octanol–water partition coefficient (Wildman–Crippen LogP) is 1.29. The molecule has 0 spiro atoms. The van der Waals surface area contributed by atoms with Crippen molar-refractivity contribution in [3.05, 3.63) is 29.3 Å². The van der Waals surface area contributed by atoms with Gasteiger partial charge in [0.25, 0.3) is 0 Å². The zero-order valence-corrected chi connectivity index (χ0v) is 12.3. The van der Waals surface area contributed by atoms with Gasteiger partial charge in [-0.1, -0.05) is 6.07 Å². The fourth-order valence-corrected chi connectivity index (χ4v) is 3.72. The first-order valence-electron chi connectivity index (χ1n) is 6.77. The lowest BCUT2D eigenvalue weighted by molar-refractivity contribution is 0.539. The van der Waals surface area contributed by atoms with Gasteiger partial charge in [-0.25, -0.2) is 13.1 Å². The van der Waals surface area contributed by atoms with Gasteiger partial charge in [0.15, 0.2) is 0 Å². The van der Waals surface area contributed by atoms with Crippen LogP contribution in [0.25, 0.3) is 0 Å². The van der Waals surface area contributed by atoms with Gasteiger partial charge in [-0.15, -0.1) is 0 Å². The molecule has 1 aliphatic rings. The Kier molecular flexibility index (Phi) is 4.76. The van der Waals surface area contributed by atoms with Gasteiger partial charge in [0, 0.05) is 12.6 Å². The maximum absolute atomic E-state index is 12.3. The van der Waals surface area contributed by atoms with Crippen LogP contribution in [0.4, 0.5) is 0 Å². The molecule has 0 aliphatic carbocycles. The van der Waals surface area contributed by atoms with Gasteiger partial charge < -0.3 is 5.32 Å². The molecule has 0 radical (unpaired) electrons. The highest BCUT2D eigenvalue weighted by Crippen LogP contribution is 2.17. The van der Waals surface area contributed by atoms with Gasteiger partial charge in [0.1, 0.15) is 0 Å². The lowest BCUT2D eigenvalue weighted by Gasteiger charge is -2.12. The fourth-order valence-electron chi connectivity index (χ4n) is 2.41. The molecular weight excluding hydrogens is 274 g/mol. The molecule has 1 aromatic carbocycles. The summed E-state index contributed by atoms with van der Waals surface area (Å²) in [5.41, 5.74) is 1.00. The van der Waals surface area contributed by atoms with Crippen LogP contribution in [0.5, 0.6) is 0 Å². The summed E-state index contributed by atoms with van der Waals surface area (Å²) in [4.78, 5) is 0.191. The van der Waals surface area contributed by atoms with Gasteiger partial charge >= 0.3 is 0 Å². The van der Waals surface area contributed by atoms with Crippen molar-refractivity contribution in [2.45, 2.75) is 37.1 Å². The van der Waals surface area contributed by atoms with Crippen LogP contribution in [0, 0.1) is 18.3 Å². The van der Waals surface area contributed by atoms with Crippen LogP contribution in [0.1, 0.15) is 30.4 Å². The highest BCUT2D eigenvalue weighted by atomic mass is 32.2. The molecule has 0 amide bonds. The maximum Gasteiger partial charge on any atom is 0.240 e. The Hall–Kier alpha value is -1.42. The second-order valence-corrected chi connectivity index (χ2v) is 6.81. The molecule has 1 unspecified atom stereocenters. The highest BCUT2D eigenvalue weighted by molar-refractivity contribution is 7.89. The van der Waals surface area contributed by atoms with E-state index in [-0.39, 0.29) is 4.90 Å². The minimum Gasteiger partial charge on any atom is -0.314 e. The van der Waals surface area contributed by atoms with Gasteiger partial charge in [-0.05, 0) is 50.4 Å². The topological polar surface area (TPSA) is 82.0 Å². The Labute approximate surface area is 120 Å². The number of hydrogen-bond acceptors (Lipinski definition) is 4. The van der Waals surface area contributed by atoms with E-state index in [1.807, 2.05) is 6.07 Å². The Morgan fingerprint density at radius 1 is 1.50 bits per heavy atom. The van der Waals surface area contributed by atoms with Gasteiger partial charge in [-0.3, -0.25) is 0 Å². The third kappa shape index (κ3) is 3.57. The molecule has 6 heteroatoms. The average Bonchev–Trinajstić information content (AvgIpc) is 2.92. The fraction of sp³-hybridized carbons (Fsp3) is 0.500. The molecule has 1 saturated heterocycles. The zero-order chi connectivity index (χ0) is 14.6. The van der Waals surface area contributed by atoms with Crippen molar-refractivity contribution in [3.8, 4) is 6.07 Å². The van der Waals surface area contributed by atoms with E-state index in [1.54, 1.807) is 19.1 Å². The Balaban J connectivity index is 2.04. The normalized spacial score (nSPS) is 18.9. The van der Waals surface area contributed by atoms with Crippen molar-refractivity contribution in [3.63, 3.8) is 0 Å². The van der Waals surface area contributed by atoms with E-state index in [1.165, 1.54) is 6.07 Å². The summed E-state index contributed by atoms with van der Waals surface area (Å²) in [7, 11) is -3.54. The van der Waals surface area contributed by atoms with Crippen LogP contribution >= 0.6 is 0 Å². The number of rotatable bonds is 5. The van der Waals surface area contributed by atoms with E-state index in [0.29, 0.717) is 23.7 Å².